The lowest BCUT2D eigenvalue weighted by Crippen LogP contribution is -2.39. The molecule has 0 radical (unpaired) electrons. The Kier molecular flexibility index (Phi) is 3.35. The maximum Gasteiger partial charge on any atom is 0.321 e. The van der Waals surface area contributed by atoms with Crippen molar-refractivity contribution in [2.75, 3.05) is 5.32 Å². The molecule has 1 aliphatic carbocycles. The second kappa shape index (κ2) is 5.30. The van der Waals surface area contributed by atoms with Gasteiger partial charge in [0.15, 0.2) is 0 Å². The lowest BCUT2D eigenvalue weighted by Gasteiger charge is -2.22. The molecule has 100 valence electrons. The molecule has 0 aliphatic heterocycles. The van der Waals surface area contributed by atoms with Crippen molar-refractivity contribution < 1.29 is 4.79 Å². The van der Waals surface area contributed by atoms with Crippen molar-refractivity contribution in [1.82, 2.24) is 14.7 Å². The first kappa shape index (κ1) is 12.0. The molecule has 0 unspecified atom stereocenters. The fourth-order valence-electron chi connectivity index (χ4n) is 2.61. The van der Waals surface area contributed by atoms with Gasteiger partial charge in [-0.1, -0.05) is 25.3 Å². The number of rotatable bonds is 2. The molecule has 3 rings (SSSR count). The second-order valence-electron chi connectivity index (χ2n) is 5.01. The number of anilines is 1. The number of pyridine rings is 1. The topological polar surface area (TPSA) is 58.4 Å². The molecule has 2 heterocycles. The smallest absolute Gasteiger partial charge is 0.321 e. The van der Waals surface area contributed by atoms with E-state index in [1.807, 2.05) is 28.8 Å². The molecular formula is C14H18N4O. The van der Waals surface area contributed by atoms with E-state index in [1.54, 1.807) is 6.20 Å². The zero-order valence-corrected chi connectivity index (χ0v) is 10.8. The summed E-state index contributed by atoms with van der Waals surface area (Å²) in [5.74, 6) is 0.559. The average molecular weight is 258 g/mol. The van der Waals surface area contributed by atoms with Gasteiger partial charge in [-0.3, -0.25) is 9.72 Å². The number of aromatic nitrogens is 2. The van der Waals surface area contributed by atoms with Gasteiger partial charge in [0.1, 0.15) is 0 Å². The van der Waals surface area contributed by atoms with E-state index in [-0.39, 0.29) is 6.03 Å². The fraction of sp³-hybridized carbons (Fsp3) is 0.429. The predicted molar refractivity (Wildman–Crippen MR) is 74.2 cm³/mol. The Bertz CT molecular complexity index is 572. The molecule has 19 heavy (non-hydrogen) atoms. The zero-order valence-electron chi connectivity index (χ0n) is 10.8. The number of fused-ring (bicyclic) bond motifs is 1. The summed E-state index contributed by atoms with van der Waals surface area (Å²) in [5, 5.41) is 5.83. The number of hydrogen-bond acceptors (Lipinski definition) is 2. The Hall–Kier alpha value is -2.04. The van der Waals surface area contributed by atoms with Crippen LogP contribution in [0, 0.1) is 0 Å². The van der Waals surface area contributed by atoms with Gasteiger partial charge < -0.3 is 5.32 Å². The molecule has 5 heteroatoms. The van der Waals surface area contributed by atoms with Crippen molar-refractivity contribution in [3.63, 3.8) is 0 Å². The Morgan fingerprint density at radius 1 is 1.26 bits per heavy atom. The van der Waals surface area contributed by atoms with E-state index in [0.29, 0.717) is 12.0 Å². The number of nitrogens with one attached hydrogen (secondary N) is 2. The normalized spacial score (nSPS) is 16.4. The molecule has 2 aromatic rings. The molecule has 1 fully saturated rings. The number of hydrogen-bond donors (Lipinski definition) is 2. The number of carbonyl (C=O) groups excluding carboxylic acids is 1. The Labute approximate surface area is 112 Å². The monoisotopic (exact) mass is 258 g/mol. The van der Waals surface area contributed by atoms with Crippen LogP contribution in [0.2, 0.25) is 0 Å². The fourth-order valence-corrected chi connectivity index (χ4v) is 2.61. The first-order chi connectivity index (χ1) is 9.33. The third kappa shape index (κ3) is 2.70. The van der Waals surface area contributed by atoms with Gasteiger partial charge >= 0.3 is 6.03 Å². The molecule has 1 saturated carbocycles. The molecule has 0 atom stereocenters. The van der Waals surface area contributed by atoms with Gasteiger partial charge in [0.05, 0.1) is 11.7 Å². The first-order valence-corrected chi connectivity index (χ1v) is 6.82. The third-order valence-corrected chi connectivity index (χ3v) is 3.60. The number of nitrogens with zero attached hydrogens (tertiary/aromatic N) is 2. The number of imidazole rings is 1. The number of carbonyl (C=O) groups is 1. The van der Waals surface area contributed by atoms with Crippen LogP contribution in [0.1, 0.15) is 32.1 Å². The highest BCUT2D eigenvalue weighted by Crippen LogP contribution is 2.17. The molecule has 0 spiro atoms. The quantitative estimate of drug-likeness (QED) is 0.870. The van der Waals surface area contributed by atoms with Crippen LogP contribution in [0.4, 0.5) is 10.7 Å². The van der Waals surface area contributed by atoms with Crippen LogP contribution in [-0.4, -0.2) is 21.5 Å². The van der Waals surface area contributed by atoms with E-state index in [9.17, 15) is 4.79 Å². The van der Waals surface area contributed by atoms with Crippen molar-refractivity contribution in [2.45, 2.75) is 38.1 Å². The SMILES string of the molecule is O=C(Nc1ncc2ccccn12)NC1CCCCC1. The van der Waals surface area contributed by atoms with Crippen LogP contribution in [0.25, 0.3) is 5.52 Å². The molecule has 5 nitrogen and oxygen atoms in total. The van der Waals surface area contributed by atoms with Crippen LogP contribution < -0.4 is 10.6 Å². The van der Waals surface area contributed by atoms with Gasteiger partial charge in [0.25, 0.3) is 0 Å². The van der Waals surface area contributed by atoms with Crippen molar-refractivity contribution in [1.29, 1.82) is 0 Å². The summed E-state index contributed by atoms with van der Waals surface area (Å²) in [7, 11) is 0. The first-order valence-electron chi connectivity index (χ1n) is 6.82. The van der Waals surface area contributed by atoms with E-state index in [2.05, 4.69) is 15.6 Å². The van der Waals surface area contributed by atoms with Crippen LogP contribution >= 0.6 is 0 Å². The van der Waals surface area contributed by atoms with Crippen molar-refractivity contribution in [3.8, 4) is 0 Å². The highest BCUT2D eigenvalue weighted by atomic mass is 16.2. The molecule has 2 N–H and O–H groups in total. The minimum absolute atomic E-state index is 0.164. The summed E-state index contributed by atoms with van der Waals surface area (Å²) in [5.41, 5.74) is 0.968. The van der Waals surface area contributed by atoms with Crippen LogP contribution in [-0.2, 0) is 0 Å². The van der Waals surface area contributed by atoms with E-state index < -0.39 is 0 Å². The van der Waals surface area contributed by atoms with Crippen molar-refractivity contribution in [3.05, 3.63) is 30.6 Å². The number of amides is 2. The average Bonchev–Trinajstić information content (AvgIpc) is 2.83. The van der Waals surface area contributed by atoms with Gasteiger partial charge in [-0.15, -0.1) is 0 Å². The zero-order chi connectivity index (χ0) is 13.1. The minimum Gasteiger partial charge on any atom is -0.335 e. The second-order valence-corrected chi connectivity index (χ2v) is 5.01. The highest BCUT2D eigenvalue weighted by Gasteiger charge is 2.16. The Morgan fingerprint density at radius 2 is 2.11 bits per heavy atom. The van der Waals surface area contributed by atoms with Crippen LogP contribution in [0.3, 0.4) is 0 Å². The molecule has 2 amide bonds. The highest BCUT2D eigenvalue weighted by molar-refractivity contribution is 5.88. The summed E-state index contributed by atoms with van der Waals surface area (Å²) in [6.07, 6.45) is 9.49. The summed E-state index contributed by atoms with van der Waals surface area (Å²) in [4.78, 5) is 16.2. The van der Waals surface area contributed by atoms with Crippen molar-refractivity contribution >= 4 is 17.5 Å². The molecule has 0 saturated heterocycles. The van der Waals surface area contributed by atoms with Gasteiger partial charge in [-0.2, -0.15) is 0 Å². The van der Waals surface area contributed by atoms with Gasteiger partial charge in [0.2, 0.25) is 5.95 Å². The number of urea groups is 1. The third-order valence-electron chi connectivity index (χ3n) is 3.60. The van der Waals surface area contributed by atoms with E-state index in [1.165, 1.54) is 19.3 Å². The summed E-state index contributed by atoms with van der Waals surface area (Å²) >= 11 is 0. The molecule has 2 aromatic heterocycles. The molecule has 0 bridgehead atoms. The van der Waals surface area contributed by atoms with E-state index in [4.69, 9.17) is 0 Å². The van der Waals surface area contributed by atoms with Gasteiger partial charge in [-0.25, -0.2) is 9.78 Å². The van der Waals surface area contributed by atoms with E-state index >= 15 is 0 Å². The summed E-state index contributed by atoms with van der Waals surface area (Å²) in [6.45, 7) is 0. The summed E-state index contributed by atoms with van der Waals surface area (Å²) in [6, 6.07) is 5.96. The molecule has 0 aromatic carbocycles. The minimum atomic E-state index is -0.164. The van der Waals surface area contributed by atoms with Gasteiger partial charge in [0, 0.05) is 12.2 Å². The van der Waals surface area contributed by atoms with Gasteiger partial charge in [-0.05, 0) is 25.0 Å². The lowest BCUT2D eigenvalue weighted by atomic mass is 9.96. The Morgan fingerprint density at radius 3 is 2.95 bits per heavy atom. The standard InChI is InChI=1S/C14H18N4O/c19-14(16-11-6-2-1-3-7-11)17-13-15-10-12-8-4-5-9-18(12)13/h4-5,8-11H,1-3,6-7H2,(H2,15,16,17,19). The van der Waals surface area contributed by atoms with E-state index in [0.717, 1.165) is 18.4 Å². The van der Waals surface area contributed by atoms with Crippen LogP contribution in [0.5, 0.6) is 0 Å². The molecule has 1 aliphatic rings. The van der Waals surface area contributed by atoms with Crippen LogP contribution in [0.15, 0.2) is 30.6 Å². The molecular weight excluding hydrogens is 240 g/mol. The maximum atomic E-state index is 11.9. The largest absolute Gasteiger partial charge is 0.335 e. The predicted octanol–water partition coefficient (Wildman–Crippen LogP) is 2.79. The lowest BCUT2D eigenvalue weighted by molar-refractivity contribution is 0.244. The van der Waals surface area contributed by atoms with Crippen molar-refractivity contribution in [2.24, 2.45) is 0 Å². The maximum absolute atomic E-state index is 11.9. The summed E-state index contributed by atoms with van der Waals surface area (Å²) < 4.78 is 1.86. The Balaban J connectivity index is 1.65.